The molecule has 0 aromatic carbocycles. The monoisotopic (exact) mass is 203 g/mol. The summed E-state index contributed by atoms with van der Waals surface area (Å²) in [4.78, 5) is 21.0. The molecular weight excluding hydrogens is 186 g/mol. The molecule has 0 rings (SSSR count). The normalized spacial score (nSPS) is 13.6. The van der Waals surface area contributed by atoms with Crippen molar-refractivity contribution in [2.24, 2.45) is 5.92 Å². The first-order valence-electron chi connectivity index (χ1n) is 4.42. The average molecular weight is 203 g/mol. The van der Waals surface area contributed by atoms with Crippen molar-refractivity contribution >= 4 is 11.9 Å². The van der Waals surface area contributed by atoms with Crippen molar-refractivity contribution in [2.45, 2.75) is 32.7 Å². The first kappa shape index (κ1) is 12.9. The minimum absolute atomic E-state index is 0.172. The Bertz CT molecular complexity index is 219. The molecule has 0 aliphatic carbocycles. The van der Waals surface area contributed by atoms with Crippen molar-refractivity contribution in [1.82, 2.24) is 5.32 Å². The van der Waals surface area contributed by atoms with Crippen LogP contribution in [0.3, 0.4) is 0 Å². The number of carbonyl (C=O) groups is 2. The highest BCUT2D eigenvalue weighted by molar-refractivity contribution is 5.77. The quantitative estimate of drug-likeness (QED) is 0.607. The number of hydrogen-bond acceptors (Lipinski definition) is 3. The summed E-state index contributed by atoms with van der Waals surface area (Å²) in [5.41, 5.74) is -0.202. The van der Waals surface area contributed by atoms with Gasteiger partial charge < -0.3 is 15.5 Å². The maximum Gasteiger partial charge on any atom is 0.308 e. The van der Waals surface area contributed by atoms with E-state index in [1.807, 2.05) is 20.8 Å². The van der Waals surface area contributed by atoms with Crippen LogP contribution >= 0.6 is 0 Å². The zero-order chi connectivity index (χ0) is 11.4. The van der Waals surface area contributed by atoms with Crippen molar-refractivity contribution < 1.29 is 19.8 Å². The second-order valence-electron chi connectivity index (χ2n) is 4.26. The molecule has 0 spiro atoms. The maximum absolute atomic E-state index is 10.6. The van der Waals surface area contributed by atoms with Gasteiger partial charge in [0.25, 0.3) is 0 Å². The molecule has 0 bridgehead atoms. The van der Waals surface area contributed by atoms with Crippen LogP contribution in [-0.4, -0.2) is 34.2 Å². The fraction of sp³-hybridized carbons (Fsp3) is 0.778. The summed E-state index contributed by atoms with van der Waals surface area (Å²) in [5.74, 6) is -3.04. The van der Waals surface area contributed by atoms with E-state index in [1.165, 1.54) is 0 Å². The fourth-order valence-electron chi connectivity index (χ4n) is 0.887. The highest BCUT2D eigenvalue weighted by Crippen LogP contribution is 2.06. The van der Waals surface area contributed by atoms with Gasteiger partial charge in [0.05, 0.1) is 12.3 Å². The largest absolute Gasteiger partial charge is 0.481 e. The van der Waals surface area contributed by atoms with E-state index in [4.69, 9.17) is 10.2 Å². The Balaban J connectivity index is 4.11. The van der Waals surface area contributed by atoms with Crippen LogP contribution in [-0.2, 0) is 9.59 Å². The number of carboxylic acids is 2. The Labute approximate surface area is 83.1 Å². The van der Waals surface area contributed by atoms with Crippen LogP contribution in [0, 0.1) is 5.92 Å². The van der Waals surface area contributed by atoms with Crippen molar-refractivity contribution in [2.75, 3.05) is 6.54 Å². The van der Waals surface area contributed by atoms with Crippen molar-refractivity contribution in [3.63, 3.8) is 0 Å². The molecule has 14 heavy (non-hydrogen) atoms. The standard InChI is InChI=1S/C9H17NO4/c1-9(2,3)10-5-6(8(13)14)4-7(11)12/h6,10H,4-5H2,1-3H3,(H,11,12)(H,13,14). The minimum atomic E-state index is -1.09. The Morgan fingerprint density at radius 2 is 1.79 bits per heavy atom. The van der Waals surface area contributed by atoms with Crippen LogP contribution < -0.4 is 5.32 Å². The van der Waals surface area contributed by atoms with E-state index in [9.17, 15) is 9.59 Å². The first-order valence-corrected chi connectivity index (χ1v) is 4.42. The van der Waals surface area contributed by atoms with Gasteiger partial charge in [-0.3, -0.25) is 9.59 Å². The molecule has 1 unspecified atom stereocenters. The molecule has 0 aliphatic rings. The van der Waals surface area contributed by atoms with Crippen molar-refractivity contribution in [3.05, 3.63) is 0 Å². The summed E-state index contributed by atoms with van der Waals surface area (Å²) in [5, 5.41) is 20.2. The number of hydrogen-bond donors (Lipinski definition) is 3. The van der Waals surface area contributed by atoms with Crippen LogP contribution in [0.4, 0.5) is 0 Å². The van der Waals surface area contributed by atoms with E-state index < -0.39 is 17.9 Å². The SMILES string of the molecule is CC(C)(C)NCC(CC(=O)O)C(=O)O. The van der Waals surface area contributed by atoms with E-state index in [0.29, 0.717) is 0 Å². The van der Waals surface area contributed by atoms with E-state index in [1.54, 1.807) is 0 Å². The third kappa shape index (κ3) is 6.42. The summed E-state index contributed by atoms with van der Waals surface area (Å²) in [7, 11) is 0. The Hall–Kier alpha value is -1.10. The minimum Gasteiger partial charge on any atom is -0.481 e. The lowest BCUT2D eigenvalue weighted by atomic mass is 10.0. The van der Waals surface area contributed by atoms with Crippen molar-refractivity contribution in [3.8, 4) is 0 Å². The van der Waals surface area contributed by atoms with Crippen LogP contribution in [0.25, 0.3) is 0 Å². The molecule has 1 atom stereocenters. The van der Waals surface area contributed by atoms with Gasteiger partial charge in [0, 0.05) is 12.1 Å². The van der Waals surface area contributed by atoms with Gasteiger partial charge in [-0.25, -0.2) is 0 Å². The lowest BCUT2D eigenvalue weighted by Crippen LogP contribution is -2.41. The molecule has 0 aromatic rings. The Kier molecular flexibility index (Phi) is 4.56. The zero-order valence-corrected chi connectivity index (χ0v) is 8.70. The van der Waals surface area contributed by atoms with E-state index in [-0.39, 0.29) is 18.5 Å². The molecule has 0 amide bonds. The third-order valence-corrected chi connectivity index (χ3v) is 1.65. The number of aliphatic carboxylic acids is 2. The topological polar surface area (TPSA) is 86.6 Å². The predicted octanol–water partition coefficient (Wildman–Crippen LogP) is 0.550. The van der Waals surface area contributed by atoms with Gasteiger partial charge in [-0.2, -0.15) is 0 Å². The fourth-order valence-corrected chi connectivity index (χ4v) is 0.887. The van der Waals surface area contributed by atoms with Crippen LogP contribution in [0.1, 0.15) is 27.2 Å². The van der Waals surface area contributed by atoms with Crippen LogP contribution in [0.5, 0.6) is 0 Å². The molecular formula is C9H17NO4. The van der Waals surface area contributed by atoms with Crippen LogP contribution in [0.2, 0.25) is 0 Å². The van der Waals surface area contributed by atoms with Gasteiger partial charge >= 0.3 is 11.9 Å². The maximum atomic E-state index is 10.6. The molecule has 0 aliphatic heterocycles. The van der Waals surface area contributed by atoms with Gasteiger partial charge in [0.1, 0.15) is 0 Å². The Morgan fingerprint density at radius 3 is 2.07 bits per heavy atom. The van der Waals surface area contributed by atoms with Crippen LogP contribution in [0.15, 0.2) is 0 Å². The molecule has 0 radical (unpaired) electrons. The molecule has 0 aromatic heterocycles. The molecule has 3 N–H and O–H groups in total. The second-order valence-corrected chi connectivity index (χ2v) is 4.26. The summed E-state index contributed by atoms with van der Waals surface area (Å²) in [6.07, 6.45) is -0.349. The highest BCUT2D eigenvalue weighted by atomic mass is 16.4. The summed E-state index contributed by atoms with van der Waals surface area (Å²) >= 11 is 0. The average Bonchev–Trinajstić information content (AvgIpc) is 1.94. The van der Waals surface area contributed by atoms with Gasteiger partial charge in [-0.15, -0.1) is 0 Å². The molecule has 5 nitrogen and oxygen atoms in total. The van der Waals surface area contributed by atoms with Gasteiger partial charge in [-0.1, -0.05) is 0 Å². The van der Waals surface area contributed by atoms with Gasteiger partial charge in [-0.05, 0) is 20.8 Å². The molecule has 0 heterocycles. The Morgan fingerprint density at radius 1 is 1.29 bits per heavy atom. The lowest BCUT2D eigenvalue weighted by molar-refractivity contribution is -0.148. The highest BCUT2D eigenvalue weighted by Gasteiger charge is 2.22. The van der Waals surface area contributed by atoms with E-state index in [2.05, 4.69) is 5.32 Å². The number of nitrogens with one attached hydrogen (secondary N) is 1. The van der Waals surface area contributed by atoms with E-state index in [0.717, 1.165) is 0 Å². The van der Waals surface area contributed by atoms with Gasteiger partial charge in [0.2, 0.25) is 0 Å². The molecule has 0 saturated carbocycles. The summed E-state index contributed by atoms with van der Waals surface area (Å²) < 4.78 is 0. The summed E-state index contributed by atoms with van der Waals surface area (Å²) in [6.45, 7) is 5.86. The molecule has 5 heteroatoms. The third-order valence-electron chi connectivity index (χ3n) is 1.65. The molecule has 0 fully saturated rings. The first-order chi connectivity index (χ1) is 6.22. The molecule has 82 valence electrons. The lowest BCUT2D eigenvalue weighted by Gasteiger charge is -2.22. The smallest absolute Gasteiger partial charge is 0.308 e. The number of rotatable bonds is 5. The van der Waals surface area contributed by atoms with Crippen molar-refractivity contribution in [1.29, 1.82) is 0 Å². The summed E-state index contributed by atoms with van der Waals surface area (Å²) in [6, 6.07) is 0. The van der Waals surface area contributed by atoms with E-state index >= 15 is 0 Å². The number of carboxylic acid groups (broad SMARTS) is 2. The zero-order valence-electron chi connectivity index (χ0n) is 8.70. The predicted molar refractivity (Wildman–Crippen MR) is 51.1 cm³/mol. The van der Waals surface area contributed by atoms with Gasteiger partial charge in [0.15, 0.2) is 0 Å². The molecule has 0 saturated heterocycles. The second kappa shape index (κ2) is 4.95.